The van der Waals surface area contributed by atoms with E-state index in [1.807, 2.05) is 41.5 Å². The van der Waals surface area contributed by atoms with Gasteiger partial charge in [0, 0.05) is 26.2 Å². The van der Waals surface area contributed by atoms with E-state index in [0.29, 0.717) is 36.0 Å². The molecule has 8 heteroatoms. The molecular formula is C20H27N3O3S2. The Kier molecular flexibility index (Phi) is 5.67. The van der Waals surface area contributed by atoms with Crippen molar-refractivity contribution < 1.29 is 13.2 Å². The summed E-state index contributed by atoms with van der Waals surface area (Å²) in [5, 5.41) is 0.848. The number of hydrogen-bond acceptors (Lipinski definition) is 5. The quantitative estimate of drug-likeness (QED) is 0.763. The number of carbonyl (C=O) groups excluding carboxylic acids is 1. The number of hydrogen-bond donors (Lipinski definition) is 0. The summed E-state index contributed by atoms with van der Waals surface area (Å²) in [7, 11) is -3.61. The van der Waals surface area contributed by atoms with E-state index < -0.39 is 10.0 Å². The zero-order chi connectivity index (χ0) is 20.8. The molecule has 6 nitrogen and oxygen atoms in total. The van der Waals surface area contributed by atoms with E-state index in [0.717, 1.165) is 32.8 Å². The fourth-order valence-electron chi connectivity index (χ4n) is 3.73. The molecule has 0 aliphatic carbocycles. The first-order chi connectivity index (χ1) is 13.1. The monoisotopic (exact) mass is 421 g/mol. The number of piperazine rings is 1. The van der Waals surface area contributed by atoms with Crippen molar-refractivity contribution in [2.24, 2.45) is 0 Å². The minimum atomic E-state index is -3.61. The number of amides is 1. The van der Waals surface area contributed by atoms with Gasteiger partial charge in [-0.1, -0.05) is 0 Å². The van der Waals surface area contributed by atoms with Crippen molar-refractivity contribution in [1.82, 2.24) is 14.2 Å². The third-order valence-corrected chi connectivity index (χ3v) is 8.96. The number of aromatic nitrogens is 1. The zero-order valence-electron chi connectivity index (χ0n) is 17.3. The molecule has 0 saturated carbocycles. The summed E-state index contributed by atoms with van der Waals surface area (Å²) >= 11 is 1.37. The maximum atomic E-state index is 13.4. The number of carbonyl (C=O) groups is 1. The summed E-state index contributed by atoms with van der Waals surface area (Å²) in [5.74, 6) is -0.0722. The smallest absolute Gasteiger partial charge is 0.265 e. The van der Waals surface area contributed by atoms with Crippen LogP contribution in [-0.4, -0.2) is 54.7 Å². The standard InChI is InChI=1S/C20H27N3O3S2/c1-12-13(2)15(4)19(16(5)14(12)3)28(25,26)23-9-7-22(8-10-23)20(24)18-11-21-17(6)27-18/h11H,7-10H2,1-6H3. The molecule has 0 radical (unpaired) electrons. The van der Waals surface area contributed by atoms with Crippen LogP contribution in [0.15, 0.2) is 11.1 Å². The lowest BCUT2D eigenvalue weighted by molar-refractivity contribution is 0.0702. The Bertz CT molecular complexity index is 1000. The van der Waals surface area contributed by atoms with E-state index in [9.17, 15) is 13.2 Å². The molecule has 28 heavy (non-hydrogen) atoms. The van der Waals surface area contributed by atoms with E-state index in [-0.39, 0.29) is 5.91 Å². The van der Waals surface area contributed by atoms with Crippen LogP contribution in [0.3, 0.4) is 0 Å². The normalized spacial score (nSPS) is 15.9. The first-order valence-corrected chi connectivity index (χ1v) is 11.6. The van der Waals surface area contributed by atoms with Crippen molar-refractivity contribution in [2.75, 3.05) is 26.2 Å². The molecular weight excluding hydrogens is 394 g/mol. The largest absolute Gasteiger partial charge is 0.335 e. The van der Waals surface area contributed by atoms with Gasteiger partial charge in [0.2, 0.25) is 10.0 Å². The van der Waals surface area contributed by atoms with E-state index in [4.69, 9.17) is 0 Å². The summed E-state index contributed by atoms with van der Waals surface area (Å²) < 4.78 is 28.3. The highest BCUT2D eigenvalue weighted by molar-refractivity contribution is 7.89. The fourth-order valence-corrected chi connectivity index (χ4v) is 6.46. The summed E-state index contributed by atoms with van der Waals surface area (Å²) in [4.78, 5) is 19.5. The van der Waals surface area contributed by atoms with Gasteiger partial charge in [0.05, 0.1) is 16.1 Å². The highest BCUT2D eigenvalue weighted by atomic mass is 32.2. The van der Waals surface area contributed by atoms with Crippen molar-refractivity contribution >= 4 is 27.3 Å². The van der Waals surface area contributed by atoms with Gasteiger partial charge in [-0.05, 0) is 69.4 Å². The molecule has 1 aromatic carbocycles. The van der Waals surface area contributed by atoms with E-state index in [1.165, 1.54) is 15.6 Å². The predicted octanol–water partition coefficient (Wildman–Crippen LogP) is 3.14. The van der Waals surface area contributed by atoms with Crippen LogP contribution in [0.4, 0.5) is 0 Å². The minimum absolute atomic E-state index is 0.0722. The van der Waals surface area contributed by atoms with E-state index in [1.54, 1.807) is 11.1 Å². The second-order valence-electron chi connectivity index (χ2n) is 7.39. The SMILES string of the molecule is Cc1ncc(C(=O)N2CCN(S(=O)(=O)c3c(C)c(C)c(C)c(C)c3C)CC2)s1. The van der Waals surface area contributed by atoms with Crippen LogP contribution in [0.25, 0.3) is 0 Å². The van der Waals surface area contributed by atoms with Gasteiger partial charge >= 0.3 is 0 Å². The lowest BCUT2D eigenvalue weighted by Crippen LogP contribution is -2.50. The number of sulfonamides is 1. The number of aryl methyl sites for hydroxylation is 1. The molecule has 0 bridgehead atoms. The first-order valence-electron chi connectivity index (χ1n) is 9.34. The Balaban J connectivity index is 1.84. The lowest BCUT2D eigenvalue weighted by atomic mass is 9.95. The molecule has 1 fully saturated rings. The van der Waals surface area contributed by atoms with E-state index in [2.05, 4.69) is 4.98 Å². The Labute approximate surface area is 171 Å². The van der Waals surface area contributed by atoms with Crippen molar-refractivity contribution in [3.8, 4) is 0 Å². The van der Waals surface area contributed by atoms with Crippen molar-refractivity contribution in [3.05, 3.63) is 43.9 Å². The molecule has 2 heterocycles. The Morgan fingerprint density at radius 3 is 1.86 bits per heavy atom. The van der Waals surface area contributed by atoms with Gasteiger partial charge in [-0.15, -0.1) is 11.3 Å². The second-order valence-corrected chi connectivity index (χ2v) is 10.5. The van der Waals surface area contributed by atoms with Crippen LogP contribution in [0.1, 0.15) is 42.5 Å². The Hall–Kier alpha value is -1.77. The molecule has 0 unspecified atom stereocenters. The van der Waals surface area contributed by atoms with Gasteiger partial charge in [0.15, 0.2) is 0 Å². The molecule has 1 saturated heterocycles. The first kappa shape index (κ1) is 21.0. The molecule has 3 rings (SSSR count). The number of benzene rings is 1. The molecule has 2 aromatic rings. The van der Waals surface area contributed by atoms with Crippen molar-refractivity contribution in [2.45, 2.75) is 46.4 Å². The summed E-state index contributed by atoms with van der Waals surface area (Å²) in [6, 6.07) is 0. The third kappa shape index (κ3) is 3.49. The van der Waals surface area contributed by atoms with Crippen molar-refractivity contribution in [1.29, 1.82) is 0 Å². The van der Waals surface area contributed by atoms with Gasteiger partial charge in [-0.2, -0.15) is 4.31 Å². The maximum Gasteiger partial charge on any atom is 0.265 e. The van der Waals surface area contributed by atoms with Crippen LogP contribution >= 0.6 is 11.3 Å². The molecule has 152 valence electrons. The number of thiazole rings is 1. The molecule has 1 aliphatic heterocycles. The zero-order valence-corrected chi connectivity index (χ0v) is 18.9. The molecule has 1 aliphatic rings. The fraction of sp³-hybridized carbons (Fsp3) is 0.500. The van der Waals surface area contributed by atoms with Crippen molar-refractivity contribution in [3.63, 3.8) is 0 Å². The number of nitrogens with zero attached hydrogens (tertiary/aromatic N) is 3. The predicted molar refractivity (Wildman–Crippen MR) is 112 cm³/mol. The maximum absolute atomic E-state index is 13.4. The van der Waals surface area contributed by atoms with Crippen LogP contribution in [0.5, 0.6) is 0 Å². The molecule has 0 spiro atoms. The minimum Gasteiger partial charge on any atom is -0.335 e. The van der Waals surface area contributed by atoms with E-state index >= 15 is 0 Å². The summed E-state index contributed by atoms with van der Waals surface area (Å²) in [6.07, 6.45) is 1.59. The molecule has 1 aromatic heterocycles. The van der Waals surface area contributed by atoms with Crippen LogP contribution in [0.2, 0.25) is 0 Å². The van der Waals surface area contributed by atoms with Gasteiger partial charge in [-0.25, -0.2) is 13.4 Å². The highest BCUT2D eigenvalue weighted by Gasteiger charge is 2.33. The lowest BCUT2D eigenvalue weighted by Gasteiger charge is -2.34. The summed E-state index contributed by atoms with van der Waals surface area (Å²) in [6.45, 7) is 13.0. The topological polar surface area (TPSA) is 70.6 Å². The highest BCUT2D eigenvalue weighted by Crippen LogP contribution is 2.32. The van der Waals surface area contributed by atoms with Crippen LogP contribution in [0, 0.1) is 41.5 Å². The average Bonchev–Trinajstić information content (AvgIpc) is 3.10. The van der Waals surface area contributed by atoms with Gasteiger partial charge in [0.1, 0.15) is 4.88 Å². The van der Waals surface area contributed by atoms with Crippen LogP contribution < -0.4 is 0 Å². The molecule has 0 N–H and O–H groups in total. The van der Waals surface area contributed by atoms with Gasteiger partial charge in [0.25, 0.3) is 5.91 Å². The number of rotatable bonds is 3. The van der Waals surface area contributed by atoms with Crippen LogP contribution in [-0.2, 0) is 10.0 Å². The molecule has 0 atom stereocenters. The second kappa shape index (κ2) is 7.57. The molecule has 1 amide bonds. The third-order valence-electron chi connectivity index (χ3n) is 5.89. The Morgan fingerprint density at radius 2 is 1.39 bits per heavy atom. The van der Waals surface area contributed by atoms with Gasteiger partial charge in [-0.3, -0.25) is 4.79 Å². The summed E-state index contributed by atoms with van der Waals surface area (Å²) in [5.41, 5.74) is 4.83. The van der Waals surface area contributed by atoms with Gasteiger partial charge < -0.3 is 4.90 Å². The average molecular weight is 422 g/mol. The Morgan fingerprint density at radius 1 is 0.893 bits per heavy atom.